The van der Waals surface area contributed by atoms with Gasteiger partial charge in [-0.25, -0.2) is 12.6 Å². The monoisotopic (exact) mass is 492 g/mol. The van der Waals surface area contributed by atoms with Gasteiger partial charge in [0.25, 0.3) is 5.56 Å². The SMILES string of the molecule is Cn1c2nc(Cc3ccn[nH]3)sc2c2cnn(Cc3ccn(I)n3)c(=O)c21. The van der Waals surface area contributed by atoms with Crippen LogP contribution in [0.25, 0.3) is 21.3 Å². The van der Waals surface area contributed by atoms with Crippen LogP contribution in [0.4, 0.5) is 0 Å². The molecular formula is C16H13IN8OS. The molecule has 0 atom stereocenters. The predicted octanol–water partition coefficient (Wildman–Crippen LogP) is 2.10. The third-order valence-corrected chi connectivity index (χ3v) is 6.01. The van der Waals surface area contributed by atoms with E-state index in [9.17, 15) is 4.79 Å². The molecule has 0 radical (unpaired) electrons. The van der Waals surface area contributed by atoms with E-state index in [1.165, 1.54) is 4.68 Å². The number of fused-ring (bicyclic) bond motifs is 3. The van der Waals surface area contributed by atoms with Crippen LogP contribution in [0.5, 0.6) is 0 Å². The first kappa shape index (κ1) is 16.6. The summed E-state index contributed by atoms with van der Waals surface area (Å²) in [5.74, 6) is 0. The lowest BCUT2D eigenvalue weighted by molar-refractivity contribution is 0.630. The Morgan fingerprint density at radius 2 is 2.22 bits per heavy atom. The molecule has 0 bridgehead atoms. The number of nitrogens with one attached hydrogen (secondary N) is 1. The fourth-order valence-electron chi connectivity index (χ4n) is 3.14. The van der Waals surface area contributed by atoms with Gasteiger partial charge >= 0.3 is 0 Å². The summed E-state index contributed by atoms with van der Waals surface area (Å²) in [4.78, 5) is 17.7. The smallest absolute Gasteiger partial charge is 0.291 e. The number of thiazole rings is 1. The van der Waals surface area contributed by atoms with Crippen molar-refractivity contribution in [1.29, 1.82) is 0 Å². The lowest BCUT2D eigenvalue weighted by Crippen LogP contribution is -2.24. The molecule has 0 unspecified atom stereocenters. The summed E-state index contributed by atoms with van der Waals surface area (Å²) in [6.45, 7) is 0.335. The van der Waals surface area contributed by atoms with Crippen molar-refractivity contribution in [1.82, 2.24) is 37.5 Å². The molecule has 0 aliphatic carbocycles. The molecule has 1 N–H and O–H groups in total. The van der Waals surface area contributed by atoms with Gasteiger partial charge in [-0.2, -0.15) is 15.3 Å². The lowest BCUT2D eigenvalue weighted by atomic mass is 10.3. The van der Waals surface area contributed by atoms with E-state index in [0.29, 0.717) is 18.5 Å². The Morgan fingerprint density at radius 1 is 1.33 bits per heavy atom. The number of hydrogen-bond donors (Lipinski definition) is 1. The average molecular weight is 492 g/mol. The summed E-state index contributed by atoms with van der Waals surface area (Å²) in [6, 6.07) is 3.80. The Morgan fingerprint density at radius 3 is 2.96 bits per heavy atom. The maximum Gasteiger partial charge on any atom is 0.291 e. The van der Waals surface area contributed by atoms with Crippen molar-refractivity contribution in [3.63, 3.8) is 0 Å². The van der Waals surface area contributed by atoms with E-state index in [0.717, 1.165) is 32.1 Å². The van der Waals surface area contributed by atoms with Crippen LogP contribution in [0, 0.1) is 0 Å². The van der Waals surface area contributed by atoms with Crippen LogP contribution in [0.2, 0.25) is 0 Å². The highest BCUT2D eigenvalue weighted by atomic mass is 127. The first-order chi connectivity index (χ1) is 13.1. The second-order valence-electron chi connectivity index (χ2n) is 6.14. The second kappa shape index (κ2) is 6.27. The number of hydrogen-bond acceptors (Lipinski definition) is 6. The number of nitrogens with zero attached hydrogens (tertiary/aromatic N) is 7. The van der Waals surface area contributed by atoms with E-state index in [1.54, 1.807) is 26.6 Å². The highest BCUT2D eigenvalue weighted by Crippen LogP contribution is 2.31. The number of halogens is 1. The molecule has 5 heterocycles. The quantitative estimate of drug-likeness (QED) is 0.388. The van der Waals surface area contributed by atoms with Gasteiger partial charge in [-0.1, -0.05) is 0 Å². The topological polar surface area (TPSA) is 99.2 Å². The fraction of sp³-hybridized carbons (Fsp3) is 0.188. The van der Waals surface area contributed by atoms with Gasteiger partial charge in [-0.05, 0) is 12.1 Å². The average Bonchev–Trinajstić information content (AvgIpc) is 3.40. The number of aromatic nitrogens is 8. The zero-order valence-corrected chi connectivity index (χ0v) is 17.1. The van der Waals surface area contributed by atoms with Gasteiger partial charge in [0.1, 0.15) is 10.5 Å². The Kier molecular flexibility index (Phi) is 3.86. The van der Waals surface area contributed by atoms with Crippen LogP contribution in [0.1, 0.15) is 16.4 Å². The third kappa shape index (κ3) is 2.77. The van der Waals surface area contributed by atoms with Crippen LogP contribution in [-0.4, -0.2) is 37.5 Å². The van der Waals surface area contributed by atoms with Gasteiger partial charge in [0.05, 0.1) is 46.0 Å². The zero-order valence-electron chi connectivity index (χ0n) is 14.1. The third-order valence-electron chi connectivity index (χ3n) is 4.40. The minimum absolute atomic E-state index is 0.140. The molecule has 11 heteroatoms. The van der Waals surface area contributed by atoms with Crippen LogP contribution in [0.15, 0.2) is 35.5 Å². The fourth-order valence-corrected chi connectivity index (χ4v) is 4.71. The Balaban J connectivity index is 1.60. The first-order valence-corrected chi connectivity index (χ1v) is 9.91. The molecule has 5 rings (SSSR count). The molecule has 5 aromatic rings. The Hall–Kier alpha value is -2.54. The van der Waals surface area contributed by atoms with Gasteiger partial charge < -0.3 is 4.57 Å². The van der Waals surface area contributed by atoms with E-state index < -0.39 is 0 Å². The molecule has 27 heavy (non-hydrogen) atoms. The minimum Gasteiger partial charge on any atom is -0.323 e. The largest absolute Gasteiger partial charge is 0.323 e. The van der Waals surface area contributed by atoms with Crippen LogP contribution >= 0.6 is 34.2 Å². The van der Waals surface area contributed by atoms with Crippen molar-refractivity contribution in [2.45, 2.75) is 13.0 Å². The summed E-state index contributed by atoms with van der Waals surface area (Å²) in [5.41, 5.74) is 3.07. The van der Waals surface area contributed by atoms with Crippen LogP contribution in [0.3, 0.4) is 0 Å². The van der Waals surface area contributed by atoms with E-state index in [2.05, 4.69) is 43.3 Å². The maximum absolute atomic E-state index is 13.0. The summed E-state index contributed by atoms with van der Waals surface area (Å²) >= 11 is 3.65. The van der Waals surface area contributed by atoms with Crippen molar-refractivity contribution in [2.75, 3.05) is 0 Å². The zero-order chi connectivity index (χ0) is 18.5. The van der Waals surface area contributed by atoms with Crippen molar-refractivity contribution in [3.05, 3.63) is 57.5 Å². The van der Waals surface area contributed by atoms with E-state index in [1.807, 2.05) is 29.9 Å². The lowest BCUT2D eigenvalue weighted by Gasteiger charge is -2.03. The van der Waals surface area contributed by atoms with E-state index >= 15 is 0 Å². The summed E-state index contributed by atoms with van der Waals surface area (Å²) in [7, 11) is 1.87. The number of rotatable bonds is 4. The molecule has 9 nitrogen and oxygen atoms in total. The molecule has 136 valence electrons. The molecule has 5 aromatic heterocycles. The van der Waals surface area contributed by atoms with Gasteiger partial charge in [-0.15, -0.1) is 11.3 Å². The molecule has 0 saturated carbocycles. The molecule has 0 saturated heterocycles. The molecule has 0 spiro atoms. The van der Waals surface area contributed by atoms with E-state index in [-0.39, 0.29) is 5.56 Å². The summed E-state index contributed by atoms with van der Waals surface area (Å²) in [5, 5.41) is 17.4. The highest BCUT2D eigenvalue weighted by molar-refractivity contribution is 14.1. The van der Waals surface area contributed by atoms with Crippen LogP contribution in [-0.2, 0) is 20.0 Å². The van der Waals surface area contributed by atoms with Gasteiger partial charge in [-0.3, -0.25) is 9.89 Å². The summed E-state index contributed by atoms with van der Waals surface area (Å²) in [6.07, 6.45) is 6.00. The van der Waals surface area contributed by atoms with Gasteiger partial charge in [0.15, 0.2) is 5.65 Å². The Labute approximate surface area is 170 Å². The molecule has 0 aliphatic heterocycles. The van der Waals surface area contributed by atoms with Gasteiger partial charge in [0, 0.05) is 36.9 Å². The number of aryl methyl sites for hydroxylation is 1. The van der Waals surface area contributed by atoms with Crippen molar-refractivity contribution < 1.29 is 0 Å². The normalized spacial score (nSPS) is 11.8. The first-order valence-electron chi connectivity index (χ1n) is 8.13. The second-order valence-corrected chi connectivity index (χ2v) is 8.22. The minimum atomic E-state index is -0.140. The van der Waals surface area contributed by atoms with Crippen molar-refractivity contribution >= 4 is 55.5 Å². The molecule has 0 aliphatic rings. The Bertz CT molecular complexity index is 1330. The molecule has 0 amide bonds. The summed E-state index contributed by atoms with van der Waals surface area (Å²) < 4.78 is 5.96. The van der Waals surface area contributed by atoms with Crippen molar-refractivity contribution in [2.24, 2.45) is 7.05 Å². The number of aromatic amines is 1. The number of H-pyrrole nitrogens is 1. The van der Waals surface area contributed by atoms with Crippen LogP contribution < -0.4 is 5.56 Å². The van der Waals surface area contributed by atoms with E-state index in [4.69, 9.17) is 4.98 Å². The van der Waals surface area contributed by atoms with Crippen molar-refractivity contribution in [3.8, 4) is 0 Å². The molecule has 0 fully saturated rings. The standard InChI is InChI=1S/C16H13IN8OS/c1-23-13-11(7-19-24(16(13)26)8-10-3-5-25(17)22-10)14-15(23)20-12(27-14)6-9-2-4-18-21-9/h2-5,7H,6,8H2,1H3,(H,18,21). The highest BCUT2D eigenvalue weighted by Gasteiger charge is 2.18. The molecule has 0 aromatic carbocycles. The predicted molar refractivity (Wildman–Crippen MR) is 110 cm³/mol. The molecular weight excluding hydrogens is 479 g/mol. The van der Waals surface area contributed by atoms with Gasteiger partial charge in [0.2, 0.25) is 0 Å². The maximum atomic E-state index is 13.0.